The van der Waals surface area contributed by atoms with Crippen molar-refractivity contribution in [3.05, 3.63) is 47.5 Å². The summed E-state index contributed by atoms with van der Waals surface area (Å²) in [6, 6.07) is 5.62. The Kier molecular flexibility index (Phi) is 3.55. The molecule has 2 fully saturated rings. The topological polar surface area (TPSA) is 82.2 Å². The van der Waals surface area contributed by atoms with Gasteiger partial charge in [0.2, 0.25) is 5.91 Å². The first kappa shape index (κ1) is 14.9. The number of hydrogen-bond acceptors (Lipinski definition) is 4. The summed E-state index contributed by atoms with van der Waals surface area (Å²) >= 11 is 0. The molecule has 0 unspecified atom stereocenters. The van der Waals surface area contributed by atoms with Crippen LogP contribution in [0.3, 0.4) is 0 Å². The fourth-order valence-electron chi connectivity index (χ4n) is 3.75. The molecule has 2 aliphatic heterocycles. The van der Waals surface area contributed by atoms with Gasteiger partial charge in [0, 0.05) is 37.6 Å². The number of rotatable bonds is 3. The molecule has 2 saturated heterocycles. The lowest BCUT2D eigenvalue weighted by Gasteiger charge is -2.25. The summed E-state index contributed by atoms with van der Waals surface area (Å²) < 4.78 is 0. The van der Waals surface area contributed by atoms with Crippen LogP contribution >= 0.6 is 0 Å². The van der Waals surface area contributed by atoms with Gasteiger partial charge in [-0.15, -0.1) is 0 Å². The van der Waals surface area contributed by atoms with Crippen LogP contribution in [0.15, 0.2) is 30.6 Å². The van der Waals surface area contributed by atoms with Crippen molar-refractivity contribution in [1.82, 2.24) is 25.0 Å². The first-order valence-corrected chi connectivity index (χ1v) is 8.15. The molecule has 0 radical (unpaired) electrons. The van der Waals surface area contributed by atoms with Gasteiger partial charge < -0.3 is 9.80 Å². The predicted molar refractivity (Wildman–Crippen MR) is 86.0 cm³/mol. The smallest absolute Gasteiger partial charge is 0.274 e. The quantitative estimate of drug-likeness (QED) is 0.917. The normalized spacial score (nSPS) is 23.0. The molecule has 4 rings (SSSR count). The van der Waals surface area contributed by atoms with E-state index in [1.54, 1.807) is 23.4 Å². The molecule has 2 atom stereocenters. The van der Waals surface area contributed by atoms with Gasteiger partial charge in [-0.05, 0) is 31.0 Å². The fourth-order valence-corrected chi connectivity index (χ4v) is 3.75. The number of fused-ring (bicyclic) bond motifs is 1. The van der Waals surface area contributed by atoms with E-state index in [-0.39, 0.29) is 23.9 Å². The predicted octanol–water partition coefficient (Wildman–Crippen LogP) is 1.13. The van der Waals surface area contributed by atoms with Crippen LogP contribution in [0.4, 0.5) is 0 Å². The Morgan fingerprint density at radius 3 is 3.00 bits per heavy atom. The number of nitrogens with zero attached hydrogens (tertiary/aromatic N) is 4. The molecule has 4 heterocycles. The third kappa shape index (κ3) is 2.46. The van der Waals surface area contributed by atoms with Crippen LogP contribution in [0.2, 0.25) is 0 Å². The van der Waals surface area contributed by atoms with E-state index >= 15 is 0 Å². The van der Waals surface area contributed by atoms with Crippen molar-refractivity contribution in [2.75, 3.05) is 6.54 Å². The summed E-state index contributed by atoms with van der Waals surface area (Å²) in [6.45, 7) is 3.08. The molecule has 2 aliphatic rings. The van der Waals surface area contributed by atoms with Gasteiger partial charge in [0.15, 0.2) is 0 Å². The van der Waals surface area contributed by atoms with Crippen LogP contribution in [0, 0.1) is 6.92 Å². The summed E-state index contributed by atoms with van der Waals surface area (Å²) in [7, 11) is 0. The van der Waals surface area contributed by atoms with E-state index in [4.69, 9.17) is 0 Å². The van der Waals surface area contributed by atoms with E-state index in [1.807, 2.05) is 24.0 Å². The molecule has 7 nitrogen and oxygen atoms in total. The number of H-pyrrole nitrogens is 1. The number of pyridine rings is 1. The zero-order valence-electron chi connectivity index (χ0n) is 13.5. The Labute approximate surface area is 139 Å². The molecule has 0 bridgehead atoms. The Morgan fingerprint density at radius 2 is 2.29 bits per heavy atom. The van der Waals surface area contributed by atoms with E-state index in [0.29, 0.717) is 25.2 Å². The van der Waals surface area contributed by atoms with E-state index in [0.717, 1.165) is 17.7 Å². The van der Waals surface area contributed by atoms with Gasteiger partial charge >= 0.3 is 0 Å². The number of carbonyl (C=O) groups excluding carboxylic acids is 2. The Balaban J connectivity index is 1.52. The lowest BCUT2D eigenvalue weighted by Crippen LogP contribution is -2.39. The van der Waals surface area contributed by atoms with Crippen LogP contribution in [0.5, 0.6) is 0 Å². The Bertz CT molecular complexity index is 772. The van der Waals surface area contributed by atoms with Gasteiger partial charge in [0.25, 0.3) is 5.91 Å². The van der Waals surface area contributed by atoms with Crippen LogP contribution in [-0.2, 0) is 11.3 Å². The van der Waals surface area contributed by atoms with Gasteiger partial charge in [-0.3, -0.25) is 19.7 Å². The number of aryl methyl sites for hydroxylation is 1. The lowest BCUT2D eigenvalue weighted by molar-refractivity contribution is -0.129. The second-order valence-corrected chi connectivity index (χ2v) is 6.45. The minimum absolute atomic E-state index is 0.0568. The second-order valence-electron chi connectivity index (χ2n) is 6.45. The zero-order valence-corrected chi connectivity index (χ0v) is 13.5. The number of nitrogens with one attached hydrogen (secondary N) is 1. The maximum Gasteiger partial charge on any atom is 0.274 e. The van der Waals surface area contributed by atoms with Crippen molar-refractivity contribution >= 4 is 11.8 Å². The van der Waals surface area contributed by atoms with Gasteiger partial charge in [0.05, 0.1) is 12.1 Å². The third-order valence-corrected chi connectivity index (χ3v) is 4.88. The molecule has 2 aromatic heterocycles. The fraction of sp³-hybridized carbons (Fsp3) is 0.412. The summed E-state index contributed by atoms with van der Waals surface area (Å²) in [6.07, 6.45) is 4.71. The Hall–Kier alpha value is -2.70. The molecule has 24 heavy (non-hydrogen) atoms. The van der Waals surface area contributed by atoms with Gasteiger partial charge in [0.1, 0.15) is 5.69 Å². The molecular weight excluding hydrogens is 306 g/mol. The zero-order chi connectivity index (χ0) is 16.7. The molecule has 0 spiro atoms. The van der Waals surface area contributed by atoms with Crippen molar-refractivity contribution in [2.45, 2.75) is 38.4 Å². The monoisotopic (exact) mass is 325 g/mol. The molecule has 7 heteroatoms. The molecule has 2 aromatic rings. The van der Waals surface area contributed by atoms with Crippen molar-refractivity contribution in [2.24, 2.45) is 0 Å². The number of aromatic amines is 1. The molecule has 2 amide bonds. The summed E-state index contributed by atoms with van der Waals surface area (Å²) in [5.74, 6) is 0.00689. The van der Waals surface area contributed by atoms with Crippen LogP contribution in [0.1, 0.15) is 34.6 Å². The maximum atomic E-state index is 12.7. The highest BCUT2D eigenvalue weighted by Gasteiger charge is 2.48. The lowest BCUT2D eigenvalue weighted by atomic mass is 10.1. The second kappa shape index (κ2) is 5.74. The van der Waals surface area contributed by atoms with Crippen LogP contribution in [-0.4, -0.2) is 55.4 Å². The molecular formula is C17H19N5O2. The highest BCUT2D eigenvalue weighted by atomic mass is 16.2. The van der Waals surface area contributed by atoms with Gasteiger partial charge in [-0.25, -0.2) is 0 Å². The average Bonchev–Trinajstić information content (AvgIpc) is 3.26. The maximum absolute atomic E-state index is 12.7. The van der Waals surface area contributed by atoms with Crippen LogP contribution < -0.4 is 0 Å². The molecule has 1 N–H and O–H groups in total. The molecule has 124 valence electrons. The van der Waals surface area contributed by atoms with E-state index in [9.17, 15) is 9.59 Å². The van der Waals surface area contributed by atoms with Crippen LogP contribution in [0.25, 0.3) is 0 Å². The van der Waals surface area contributed by atoms with Crippen molar-refractivity contribution < 1.29 is 9.59 Å². The largest absolute Gasteiger partial charge is 0.333 e. The number of carbonyl (C=O) groups is 2. The minimum Gasteiger partial charge on any atom is -0.333 e. The van der Waals surface area contributed by atoms with E-state index < -0.39 is 0 Å². The molecule has 0 saturated carbocycles. The summed E-state index contributed by atoms with van der Waals surface area (Å²) in [4.78, 5) is 32.9. The van der Waals surface area contributed by atoms with Gasteiger partial charge in [-0.1, -0.05) is 6.07 Å². The molecule has 0 aromatic carbocycles. The number of likely N-dealkylation sites (tertiary alicyclic amines) is 2. The van der Waals surface area contributed by atoms with E-state index in [1.165, 1.54) is 0 Å². The first-order valence-electron chi connectivity index (χ1n) is 8.15. The van der Waals surface area contributed by atoms with E-state index in [2.05, 4.69) is 15.2 Å². The Morgan fingerprint density at radius 1 is 1.42 bits per heavy atom. The number of aromatic nitrogens is 3. The standard InChI is InChI=1S/C17H19N5O2/c1-11-7-13(20-19-11)17(24)21-6-4-14-15(21)8-16(23)22(14)10-12-3-2-5-18-9-12/h2-3,5,7,9,14-15H,4,6,8,10H2,1H3,(H,19,20)/t14-,15+/m1/s1. The summed E-state index contributed by atoms with van der Waals surface area (Å²) in [5, 5.41) is 6.86. The SMILES string of the molecule is Cc1cc(C(=O)N2CC[C@@H]3[C@@H]2CC(=O)N3Cc2cccnc2)n[nH]1. The first-order chi connectivity index (χ1) is 11.6. The van der Waals surface area contributed by atoms with Crippen molar-refractivity contribution in [1.29, 1.82) is 0 Å². The van der Waals surface area contributed by atoms with Crippen molar-refractivity contribution in [3.8, 4) is 0 Å². The average molecular weight is 325 g/mol. The summed E-state index contributed by atoms with van der Waals surface area (Å²) in [5.41, 5.74) is 2.29. The van der Waals surface area contributed by atoms with Gasteiger partial charge in [-0.2, -0.15) is 5.10 Å². The minimum atomic E-state index is -0.0946. The number of hydrogen-bond donors (Lipinski definition) is 1. The number of amides is 2. The van der Waals surface area contributed by atoms with Crippen molar-refractivity contribution in [3.63, 3.8) is 0 Å². The highest BCUT2D eigenvalue weighted by molar-refractivity contribution is 5.94. The third-order valence-electron chi connectivity index (χ3n) is 4.88. The highest BCUT2D eigenvalue weighted by Crippen LogP contribution is 2.34. The molecule has 0 aliphatic carbocycles.